The fourth-order valence-corrected chi connectivity index (χ4v) is 1.94. The Kier molecular flexibility index (Phi) is 3.48. The minimum atomic E-state index is 0.562. The molecule has 1 unspecified atom stereocenters. The molecule has 0 aliphatic rings. The lowest BCUT2D eigenvalue weighted by atomic mass is 10.1. The lowest BCUT2D eigenvalue weighted by Gasteiger charge is -2.05. The Morgan fingerprint density at radius 2 is 2.00 bits per heavy atom. The number of nitrogens with one attached hydrogen (secondary N) is 1. The van der Waals surface area contributed by atoms with Crippen LogP contribution in [0.4, 0.5) is 0 Å². The zero-order valence-electron chi connectivity index (χ0n) is 10.9. The first-order valence-electron chi connectivity index (χ1n) is 6.26. The highest BCUT2D eigenvalue weighted by Gasteiger charge is 2.06. The zero-order valence-corrected chi connectivity index (χ0v) is 10.9. The first-order chi connectivity index (χ1) is 8.10. The molecule has 0 radical (unpaired) electrons. The number of hydrogen-bond donors (Lipinski definition) is 2. The van der Waals surface area contributed by atoms with E-state index >= 15 is 0 Å². The smallest absolute Gasteiger partial charge is 0.107 e. The minimum Gasteiger partial charge on any atom is -0.342 e. The van der Waals surface area contributed by atoms with E-state index in [1.54, 1.807) is 0 Å². The Bertz CT molecular complexity index is 474. The molecule has 3 nitrogen and oxygen atoms in total. The summed E-state index contributed by atoms with van der Waals surface area (Å²) in [5, 5.41) is 0. The Morgan fingerprint density at radius 3 is 2.71 bits per heavy atom. The topological polar surface area (TPSA) is 54.7 Å². The molecular weight excluding hydrogens is 210 g/mol. The molecular formula is C14H21N3. The molecule has 0 fully saturated rings. The molecule has 0 saturated carbocycles. The maximum atomic E-state index is 5.62. The third-order valence-corrected chi connectivity index (χ3v) is 3.42. The predicted octanol–water partition coefficient (Wildman–Crippen LogP) is 2.71. The maximum absolute atomic E-state index is 5.62. The number of aryl methyl sites for hydroxylation is 3. The van der Waals surface area contributed by atoms with Crippen molar-refractivity contribution in [2.75, 3.05) is 6.54 Å². The molecule has 1 aromatic heterocycles. The molecule has 0 spiro atoms. The summed E-state index contributed by atoms with van der Waals surface area (Å²) in [6, 6.07) is 4.32. The second-order valence-corrected chi connectivity index (χ2v) is 5.02. The normalized spacial score (nSPS) is 13.2. The zero-order chi connectivity index (χ0) is 12.4. The number of imidazole rings is 1. The van der Waals surface area contributed by atoms with Crippen LogP contribution in [0.15, 0.2) is 12.1 Å². The van der Waals surface area contributed by atoms with Crippen LogP contribution in [0.3, 0.4) is 0 Å². The summed E-state index contributed by atoms with van der Waals surface area (Å²) in [6.07, 6.45) is 2.07. The molecule has 0 amide bonds. The number of aromatic nitrogens is 2. The third-order valence-electron chi connectivity index (χ3n) is 3.42. The number of fused-ring (bicyclic) bond motifs is 1. The largest absolute Gasteiger partial charge is 0.342 e. The molecule has 3 N–H and O–H groups in total. The molecule has 2 rings (SSSR count). The van der Waals surface area contributed by atoms with Crippen LogP contribution < -0.4 is 5.73 Å². The van der Waals surface area contributed by atoms with E-state index in [4.69, 9.17) is 5.73 Å². The summed E-state index contributed by atoms with van der Waals surface area (Å²) in [6.45, 7) is 7.18. The number of H-pyrrole nitrogens is 1. The van der Waals surface area contributed by atoms with Gasteiger partial charge in [-0.3, -0.25) is 0 Å². The van der Waals surface area contributed by atoms with E-state index in [9.17, 15) is 0 Å². The number of rotatable bonds is 4. The van der Waals surface area contributed by atoms with E-state index in [1.807, 2.05) is 0 Å². The van der Waals surface area contributed by atoms with E-state index in [1.165, 1.54) is 11.1 Å². The van der Waals surface area contributed by atoms with Crippen molar-refractivity contribution < 1.29 is 0 Å². The van der Waals surface area contributed by atoms with Crippen molar-refractivity contribution >= 4 is 11.0 Å². The monoisotopic (exact) mass is 231 g/mol. The van der Waals surface area contributed by atoms with Crippen molar-refractivity contribution in [1.29, 1.82) is 0 Å². The molecule has 3 heteroatoms. The van der Waals surface area contributed by atoms with E-state index in [-0.39, 0.29) is 0 Å². The van der Waals surface area contributed by atoms with Crippen molar-refractivity contribution in [3.05, 3.63) is 29.1 Å². The average Bonchev–Trinajstić information content (AvgIpc) is 2.68. The summed E-state index contributed by atoms with van der Waals surface area (Å²) in [7, 11) is 0. The second kappa shape index (κ2) is 4.88. The van der Waals surface area contributed by atoms with Crippen LogP contribution in [0.5, 0.6) is 0 Å². The van der Waals surface area contributed by atoms with Gasteiger partial charge in [0.05, 0.1) is 11.0 Å². The van der Waals surface area contributed by atoms with Gasteiger partial charge in [-0.1, -0.05) is 6.92 Å². The fraction of sp³-hybridized carbons (Fsp3) is 0.500. The van der Waals surface area contributed by atoms with Gasteiger partial charge in [-0.15, -0.1) is 0 Å². The molecule has 0 bridgehead atoms. The number of benzene rings is 1. The standard InChI is InChI=1S/C14H21N3/c1-9(8-15)4-5-14-16-12-6-10(2)11(3)7-13(12)17-14/h6-7,9H,4-5,8,15H2,1-3H3,(H,16,17). The number of hydrogen-bond acceptors (Lipinski definition) is 2. The molecule has 1 atom stereocenters. The van der Waals surface area contributed by atoms with Crippen LogP contribution in [0.1, 0.15) is 30.3 Å². The number of nitrogens with zero attached hydrogens (tertiary/aromatic N) is 1. The van der Waals surface area contributed by atoms with Crippen LogP contribution in [0.25, 0.3) is 11.0 Å². The SMILES string of the molecule is Cc1cc2nc(CCC(C)CN)[nH]c2cc1C. The van der Waals surface area contributed by atoms with Crippen molar-refractivity contribution in [3.8, 4) is 0 Å². The van der Waals surface area contributed by atoms with Gasteiger partial charge in [0.1, 0.15) is 5.82 Å². The molecule has 2 aromatic rings. The van der Waals surface area contributed by atoms with E-state index in [0.29, 0.717) is 5.92 Å². The van der Waals surface area contributed by atoms with Crippen molar-refractivity contribution in [2.45, 2.75) is 33.6 Å². The number of aromatic amines is 1. The highest BCUT2D eigenvalue weighted by Crippen LogP contribution is 2.18. The molecule has 0 aliphatic carbocycles. The van der Waals surface area contributed by atoms with Gasteiger partial charge >= 0.3 is 0 Å². The van der Waals surface area contributed by atoms with Gasteiger partial charge in [-0.25, -0.2) is 4.98 Å². The van der Waals surface area contributed by atoms with Gasteiger partial charge in [-0.05, 0) is 56.0 Å². The molecule has 92 valence electrons. The molecule has 1 heterocycles. The van der Waals surface area contributed by atoms with Crippen molar-refractivity contribution in [1.82, 2.24) is 9.97 Å². The van der Waals surface area contributed by atoms with Gasteiger partial charge in [0.15, 0.2) is 0 Å². The third kappa shape index (κ3) is 2.67. The van der Waals surface area contributed by atoms with Crippen LogP contribution in [0, 0.1) is 19.8 Å². The Hall–Kier alpha value is -1.35. The van der Waals surface area contributed by atoms with Gasteiger partial charge < -0.3 is 10.7 Å². The number of nitrogens with two attached hydrogens (primary N) is 1. The minimum absolute atomic E-state index is 0.562. The molecule has 17 heavy (non-hydrogen) atoms. The van der Waals surface area contributed by atoms with Crippen LogP contribution >= 0.6 is 0 Å². The fourth-order valence-electron chi connectivity index (χ4n) is 1.94. The van der Waals surface area contributed by atoms with E-state index in [2.05, 4.69) is 42.9 Å². The van der Waals surface area contributed by atoms with Crippen LogP contribution in [0.2, 0.25) is 0 Å². The highest BCUT2D eigenvalue weighted by atomic mass is 14.9. The highest BCUT2D eigenvalue weighted by molar-refractivity contribution is 5.77. The van der Waals surface area contributed by atoms with Gasteiger partial charge in [0.25, 0.3) is 0 Å². The summed E-state index contributed by atoms with van der Waals surface area (Å²) >= 11 is 0. The average molecular weight is 231 g/mol. The first-order valence-corrected chi connectivity index (χ1v) is 6.26. The van der Waals surface area contributed by atoms with Crippen molar-refractivity contribution in [3.63, 3.8) is 0 Å². The van der Waals surface area contributed by atoms with E-state index < -0.39 is 0 Å². The lowest BCUT2D eigenvalue weighted by Crippen LogP contribution is -2.11. The summed E-state index contributed by atoms with van der Waals surface area (Å²) in [5.41, 5.74) is 10.4. The second-order valence-electron chi connectivity index (χ2n) is 5.02. The Morgan fingerprint density at radius 1 is 1.29 bits per heavy atom. The Balaban J connectivity index is 2.20. The van der Waals surface area contributed by atoms with Gasteiger partial charge in [0, 0.05) is 6.42 Å². The van der Waals surface area contributed by atoms with Crippen molar-refractivity contribution in [2.24, 2.45) is 11.7 Å². The predicted molar refractivity (Wildman–Crippen MR) is 72.1 cm³/mol. The molecule has 0 saturated heterocycles. The van der Waals surface area contributed by atoms with Gasteiger partial charge in [-0.2, -0.15) is 0 Å². The first kappa shape index (κ1) is 12.1. The summed E-state index contributed by atoms with van der Waals surface area (Å²) in [4.78, 5) is 8.02. The van der Waals surface area contributed by atoms with E-state index in [0.717, 1.165) is 36.2 Å². The summed E-state index contributed by atoms with van der Waals surface area (Å²) in [5.74, 6) is 1.64. The lowest BCUT2D eigenvalue weighted by molar-refractivity contribution is 0.538. The molecule has 1 aromatic carbocycles. The van der Waals surface area contributed by atoms with Crippen LogP contribution in [-0.4, -0.2) is 16.5 Å². The van der Waals surface area contributed by atoms with Gasteiger partial charge in [0.2, 0.25) is 0 Å². The Labute approximate surface area is 102 Å². The van der Waals surface area contributed by atoms with Crippen LogP contribution in [-0.2, 0) is 6.42 Å². The quantitative estimate of drug-likeness (QED) is 0.850. The summed E-state index contributed by atoms with van der Waals surface area (Å²) < 4.78 is 0. The molecule has 0 aliphatic heterocycles. The maximum Gasteiger partial charge on any atom is 0.107 e.